The molecule has 3 heteroatoms. The van der Waals surface area contributed by atoms with E-state index < -0.39 is 0 Å². The molecule has 0 saturated carbocycles. The topological polar surface area (TPSA) is 41.1 Å². The fourth-order valence-corrected chi connectivity index (χ4v) is 1.41. The molecule has 1 atom stereocenters. The van der Waals surface area contributed by atoms with E-state index >= 15 is 0 Å². The minimum Gasteiger partial charge on any atom is -0.359 e. The molecule has 0 aromatic carbocycles. The first-order valence-corrected chi connectivity index (χ1v) is 6.00. The summed E-state index contributed by atoms with van der Waals surface area (Å²) in [6.07, 6.45) is 4.04. The van der Waals surface area contributed by atoms with Gasteiger partial charge in [0, 0.05) is 19.5 Å². The lowest BCUT2D eigenvalue weighted by molar-refractivity contribution is -0.120. The maximum absolute atomic E-state index is 10.9. The molecule has 0 rings (SSSR count). The molecule has 0 heterocycles. The van der Waals surface area contributed by atoms with E-state index in [-0.39, 0.29) is 5.91 Å². The summed E-state index contributed by atoms with van der Waals surface area (Å²) in [7, 11) is 1.68. The fourth-order valence-electron chi connectivity index (χ4n) is 1.41. The maximum Gasteiger partial charge on any atom is 0.219 e. The molecule has 1 unspecified atom stereocenters. The van der Waals surface area contributed by atoms with Crippen LogP contribution in [0.1, 0.15) is 46.5 Å². The zero-order chi connectivity index (χ0) is 11.7. The van der Waals surface area contributed by atoms with Gasteiger partial charge in [-0.05, 0) is 38.6 Å². The highest BCUT2D eigenvalue weighted by atomic mass is 16.1. The molecule has 0 bridgehead atoms. The van der Waals surface area contributed by atoms with Crippen LogP contribution >= 0.6 is 0 Å². The zero-order valence-electron chi connectivity index (χ0n) is 10.6. The lowest BCUT2D eigenvalue weighted by Gasteiger charge is -2.14. The number of hydrogen-bond donors (Lipinski definition) is 2. The highest BCUT2D eigenvalue weighted by molar-refractivity contribution is 5.75. The van der Waals surface area contributed by atoms with E-state index in [0.717, 1.165) is 18.9 Å². The second-order valence-electron chi connectivity index (χ2n) is 4.60. The van der Waals surface area contributed by atoms with Crippen molar-refractivity contribution < 1.29 is 4.79 Å². The molecular weight excluding hydrogens is 188 g/mol. The van der Waals surface area contributed by atoms with Gasteiger partial charge in [-0.3, -0.25) is 4.79 Å². The van der Waals surface area contributed by atoms with Gasteiger partial charge in [-0.15, -0.1) is 0 Å². The molecule has 15 heavy (non-hydrogen) atoms. The summed E-state index contributed by atoms with van der Waals surface area (Å²) < 4.78 is 0. The summed E-state index contributed by atoms with van der Waals surface area (Å²) in [5, 5.41) is 6.06. The van der Waals surface area contributed by atoms with Crippen molar-refractivity contribution in [2.24, 2.45) is 5.92 Å². The highest BCUT2D eigenvalue weighted by Crippen LogP contribution is 2.06. The number of hydrogen-bond acceptors (Lipinski definition) is 2. The standard InChI is InChI=1S/C12H26N2O/c1-10(2)7-8-11(3)14-9-5-6-12(15)13-4/h10-11,14H,5-9H2,1-4H3,(H,13,15). The van der Waals surface area contributed by atoms with Gasteiger partial charge in [-0.25, -0.2) is 0 Å². The molecule has 3 nitrogen and oxygen atoms in total. The van der Waals surface area contributed by atoms with E-state index in [0.29, 0.717) is 12.5 Å². The molecule has 2 N–H and O–H groups in total. The number of nitrogens with one attached hydrogen (secondary N) is 2. The Hall–Kier alpha value is -0.570. The van der Waals surface area contributed by atoms with Crippen LogP contribution in [-0.4, -0.2) is 25.5 Å². The highest BCUT2D eigenvalue weighted by Gasteiger charge is 2.03. The second kappa shape index (κ2) is 8.72. The maximum atomic E-state index is 10.9. The summed E-state index contributed by atoms with van der Waals surface area (Å²) in [6, 6.07) is 0.567. The summed E-state index contributed by atoms with van der Waals surface area (Å²) in [6.45, 7) is 7.64. The van der Waals surface area contributed by atoms with Crippen molar-refractivity contribution in [1.29, 1.82) is 0 Å². The van der Waals surface area contributed by atoms with Gasteiger partial charge in [0.1, 0.15) is 0 Å². The third kappa shape index (κ3) is 9.73. The molecule has 0 fully saturated rings. The van der Waals surface area contributed by atoms with Crippen LogP contribution in [0.25, 0.3) is 0 Å². The van der Waals surface area contributed by atoms with Crippen molar-refractivity contribution in [1.82, 2.24) is 10.6 Å². The fraction of sp³-hybridized carbons (Fsp3) is 0.917. The van der Waals surface area contributed by atoms with E-state index in [9.17, 15) is 4.79 Å². The van der Waals surface area contributed by atoms with Crippen LogP contribution in [0.4, 0.5) is 0 Å². The van der Waals surface area contributed by atoms with E-state index in [1.54, 1.807) is 7.05 Å². The summed E-state index contributed by atoms with van der Waals surface area (Å²) >= 11 is 0. The van der Waals surface area contributed by atoms with Crippen LogP contribution in [0.5, 0.6) is 0 Å². The van der Waals surface area contributed by atoms with Crippen LogP contribution < -0.4 is 10.6 Å². The summed E-state index contributed by atoms with van der Waals surface area (Å²) in [5.74, 6) is 0.909. The Balaban J connectivity index is 3.31. The Kier molecular flexibility index (Phi) is 8.38. The molecule has 0 aliphatic carbocycles. The number of carbonyl (C=O) groups excluding carboxylic acids is 1. The van der Waals surface area contributed by atoms with Gasteiger partial charge in [0.15, 0.2) is 0 Å². The molecule has 0 radical (unpaired) electrons. The van der Waals surface area contributed by atoms with Crippen molar-refractivity contribution in [3.63, 3.8) is 0 Å². The van der Waals surface area contributed by atoms with Crippen molar-refractivity contribution in [2.45, 2.75) is 52.5 Å². The average molecular weight is 214 g/mol. The van der Waals surface area contributed by atoms with Gasteiger partial charge in [0.25, 0.3) is 0 Å². The van der Waals surface area contributed by atoms with Crippen molar-refractivity contribution in [3.8, 4) is 0 Å². The van der Waals surface area contributed by atoms with Gasteiger partial charge in [-0.1, -0.05) is 13.8 Å². The quantitative estimate of drug-likeness (QED) is 0.606. The normalized spacial score (nSPS) is 12.9. The second-order valence-corrected chi connectivity index (χ2v) is 4.60. The first kappa shape index (κ1) is 14.4. The first-order valence-electron chi connectivity index (χ1n) is 6.00. The van der Waals surface area contributed by atoms with Crippen LogP contribution in [0.15, 0.2) is 0 Å². The first-order chi connectivity index (χ1) is 7.06. The molecule has 1 amide bonds. The number of amides is 1. The molecule has 0 aliphatic rings. The smallest absolute Gasteiger partial charge is 0.219 e. The van der Waals surface area contributed by atoms with Gasteiger partial charge < -0.3 is 10.6 Å². The molecule has 0 spiro atoms. The lowest BCUT2D eigenvalue weighted by atomic mass is 10.0. The van der Waals surface area contributed by atoms with Gasteiger partial charge >= 0.3 is 0 Å². The minimum absolute atomic E-state index is 0.131. The Morgan fingerprint density at radius 1 is 1.20 bits per heavy atom. The van der Waals surface area contributed by atoms with E-state index in [4.69, 9.17) is 0 Å². The molecule has 0 aromatic heterocycles. The summed E-state index contributed by atoms with van der Waals surface area (Å²) in [5.41, 5.74) is 0. The molecular formula is C12H26N2O. The Morgan fingerprint density at radius 3 is 2.40 bits per heavy atom. The van der Waals surface area contributed by atoms with Crippen LogP contribution in [0.2, 0.25) is 0 Å². The Morgan fingerprint density at radius 2 is 1.87 bits per heavy atom. The Bertz CT molecular complexity index is 169. The van der Waals surface area contributed by atoms with Gasteiger partial charge in [-0.2, -0.15) is 0 Å². The average Bonchev–Trinajstić information content (AvgIpc) is 2.21. The molecule has 0 aromatic rings. The zero-order valence-corrected chi connectivity index (χ0v) is 10.6. The van der Waals surface area contributed by atoms with E-state index in [2.05, 4.69) is 31.4 Å². The minimum atomic E-state index is 0.131. The largest absolute Gasteiger partial charge is 0.359 e. The van der Waals surface area contributed by atoms with Crippen LogP contribution in [-0.2, 0) is 4.79 Å². The number of carbonyl (C=O) groups is 1. The van der Waals surface area contributed by atoms with Crippen molar-refractivity contribution in [3.05, 3.63) is 0 Å². The van der Waals surface area contributed by atoms with E-state index in [1.807, 2.05) is 0 Å². The number of rotatable bonds is 8. The lowest BCUT2D eigenvalue weighted by Crippen LogP contribution is -2.28. The van der Waals surface area contributed by atoms with Crippen LogP contribution in [0.3, 0.4) is 0 Å². The van der Waals surface area contributed by atoms with Gasteiger partial charge in [0.05, 0.1) is 0 Å². The molecule has 90 valence electrons. The van der Waals surface area contributed by atoms with Crippen molar-refractivity contribution in [2.75, 3.05) is 13.6 Å². The molecule has 0 saturated heterocycles. The predicted octanol–water partition coefficient (Wildman–Crippen LogP) is 1.93. The van der Waals surface area contributed by atoms with Gasteiger partial charge in [0.2, 0.25) is 5.91 Å². The summed E-state index contributed by atoms with van der Waals surface area (Å²) in [4.78, 5) is 10.9. The van der Waals surface area contributed by atoms with E-state index in [1.165, 1.54) is 12.8 Å². The van der Waals surface area contributed by atoms with Crippen LogP contribution in [0, 0.1) is 5.92 Å². The third-order valence-corrected chi connectivity index (χ3v) is 2.53. The Labute approximate surface area is 94.0 Å². The van der Waals surface area contributed by atoms with Crippen molar-refractivity contribution >= 4 is 5.91 Å². The molecule has 0 aliphatic heterocycles. The predicted molar refractivity (Wildman–Crippen MR) is 64.8 cm³/mol. The SMILES string of the molecule is CNC(=O)CCCNC(C)CCC(C)C. The monoisotopic (exact) mass is 214 g/mol. The third-order valence-electron chi connectivity index (χ3n) is 2.53.